The van der Waals surface area contributed by atoms with Crippen LogP contribution in [0.25, 0.3) is 0 Å². The molecule has 0 bridgehead atoms. The topological polar surface area (TPSA) is 29.1 Å². The summed E-state index contributed by atoms with van der Waals surface area (Å²) in [5.41, 5.74) is 0. The van der Waals surface area contributed by atoms with E-state index in [0.29, 0.717) is 0 Å². The lowest BCUT2D eigenvalue weighted by atomic mass is 10.3. The van der Waals surface area contributed by atoms with Crippen LogP contribution in [-0.2, 0) is 4.79 Å². The zero-order valence-electron chi connectivity index (χ0n) is 5.40. The fraction of sp³-hybridized carbons (Fsp3) is 0.667. The quantitative estimate of drug-likeness (QED) is 0.546. The standard InChI is InChI=1S/C6H12NO/c1-3-4-5-7-6(2)8/h5H,3-4H2,1-2H3,(H,7,8). The Hall–Kier alpha value is -0.530. The minimum Gasteiger partial charge on any atom is -0.352 e. The van der Waals surface area contributed by atoms with Crippen LogP contribution in [-0.4, -0.2) is 5.91 Å². The highest BCUT2D eigenvalue weighted by Gasteiger charge is 1.86. The van der Waals surface area contributed by atoms with Crippen molar-refractivity contribution in [2.45, 2.75) is 26.7 Å². The molecule has 47 valence electrons. The molecule has 2 nitrogen and oxygen atoms in total. The first-order valence-electron chi connectivity index (χ1n) is 2.86. The normalized spacial score (nSPS) is 8.75. The van der Waals surface area contributed by atoms with E-state index in [1.807, 2.05) is 0 Å². The fourth-order valence-electron chi connectivity index (χ4n) is 0.360. The number of rotatable bonds is 3. The lowest BCUT2D eigenvalue weighted by Crippen LogP contribution is -2.15. The molecule has 0 saturated heterocycles. The fourth-order valence-corrected chi connectivity index (χ4v) is 0.360. The third-order valence-electron chi connectivity index (χ3n) is 0.738. The Balaban J connectivity index is 2.82. The summed E-state index contributed by atoms with van der Waals surface area (Å²) in [4.78, 5) is 10.2. The molecule has 1 N–H and O–H groups in total. The summed E-state index contributed by atoms with van der Waals surface area (Å²) in [5.74, 6) is 0.0125. The van der Waals surface area contributed by atoms with Crippen LogP contribution >= 0.6 is 0 Å². The molecule has 0 saturated carbocycles. The SMILES string of the molecule is CCC[CH]NC(C)=O. The predicted molar refractivity (Wildman–Crippen MR) is 33.0 cm³/mol. The van der Waals surface area contributed by atoms with Crippen molar-refractivity contribution < 1.29 is 4.79 Å². The number of hydrogen-bond acceptors (Lipinski definition) is 1. The van der Waals surface area contributed by atoms with E-state index in [-0.39, 0.29) is 5.91 Å². The third-order valence-corrected chi connectivity index (χ3v) is 0.738. The van der Waals surface area contributed by atoms with Gasteiger partial charge in [-0.05, 0) is 6.42 Å². The molecule has 0 aliphatic heterocycles. The number of carbonyl (C=O) groups excluding carboxylic acids is 1. The van der Waals surface area contributed by atoms with Gasteiger partial charge in [0.1, 0.15) is 0 Å². The van der Waals surface area contributed by atoms with Gasteiger partial charge in [0, 0.05) is 13.5 Å². The van der Waals surface area contributed by atoms with Crippen LogP contribution in [0.3, 0.4) is 0 Å². The van der Waals surface area contributed by atoms with E-state index in [4.69, 9.17) is 0 Å². The molecule has 0 unspecified atom stereocenters. The molecule has 8 heavy (non-hydrogen) atoms. The lowest BCUT2D eigenvalue weighted by molar-refractivity contribution is -0.118. The van der Waals surface area contributed by atoms with Gasteiger partial charge in [0.25, 0.3) is 0 Å². The van der Waals surface area contributed by atoms with Gasteiger partial charge >= 0.3 is 0 Å². The average Bonchev–Trinajstić information content (AvgIpc) is 1.66. The summed E-state index contributed by atoms with van der Waals surface area (Å²) in [6, 6.07) is 0. The summed E-state index contributed by atoms with van der Waals surface area (Å²) >= 11 is 0. The monoisotopic (exact) mass is 114 g/mol. The molecule has 0 atom stereocenters. The van der Waals surface area contributed by atoms with Crippen molar-refractivity contribution >= 4 is 5.91 Å². The molecular formula is C6H12NO. The maximum atomic E-state index is 10.2. The number of amides is 1. The van der Waals surface area contributed by atoms with Gasteiger partial charge in [0.15, 0.2) is 0 Å². The molecule has 0 spiro atoms. The molecule has 0 aliphatic carbocycles. The van der Waals surface area contributed by atoms with Gasteiger partial charge in [-0.1, -0.05) is 13.3 Å². The van der Waals surface area contributed by atoms with Crippen molar-refractivity contribution in [2.75, 3.05) is 0 Å². The van der Waals surface area contributed by atoms with Gasteiger partial charge in [-0.25, -0.2) is 0 Å². The van der Waals surface area contributed by atoms with Crippen molar-refractivity contribution in [1.29, 1.82) is 0 Å². The number of hydrogen-bond donors (Lipinski definition) is 1. The van der Waals surface area contributed by atoms with Crippen molar-refractivity contribution in [1.82, 2.24) is 5.32 Å². The maximum Gasteiger partial charge on any atom is 0.217 e. The predicted octanol–water partition coefficient (Wildman–Crippen LogP) is 1.08. The number of nitrogens with one attached hydrogen (secondary N) is 1. The Bertz CT molecular complexity index is 70.9. The van der Waals surface area contributed by atoms with E-state index in [0.717, 1.165) is 12.8 Å². The van der Waals surface area contributed by atoms with E-state index >= 15 is 0 Å². The Morgan fingerprint density at radius 3 is 2.75 bits per heavy atom. The van der Waals surface area contributed by atoms with Gasteiger partial charge in [-0.3, -0.25) is 4.79 Å². The van der Waals surface area contributed by atoms with Crippen LogP contribution in [0.2, 0.25) is 0 Å². The highest BCUT2D eigenvalue weighted by atomic mass is 16.1. The highest BCUT2D eigenvalue weighted by molar-refractivity contribution is 5.73. The molecule has 0 aliphatic rings. The molecule has 0 fully saturated rings. The number of unbranched alkanes of at least 4 members (excludes halogenated alkanes) is 1. The Kier molecular flexibility index (Phi) is 4.32. The van der Waals surface area contributed by atoms with Crippen molar-refractivity contribution in [2.24, 2.45) is 0 Å². The molecule has 1 radical (unpaired) electrons. The second-order valence-corrected chi connectivity index (χ2v) is 1.69. The summed E-state index contributed by atoms with van der Waals surface area (Å²) in [5, 5.41) is 2.58. The Labute approximate surface area is 50.3 Å². The summed E-state index contributed by atoms with van der Waals surface area (Å²) in [6.45, 7) is 5.35. The van der Waals surface area contributed by atoms with Crippen LogP contribution in [0, 0.1) is 6.54 Å². The minimum absolute atomic E-state index is 0.0125. The minimum atomic E-state index is 0.0125. The van der Waals surface area contributed by atoms with Gasteiger partial charge in [-0.2, -0.15) is 0 Å². The van der Waals surface area contributed by atoms with Crippen LogP contribution < -0.4 is 5.32 Å². The molecule has 0 heterocycles. The van der Waals surface area contributed by atoms with E-state index in [1.165, 1.54) is 6.92 Å². The lowest BCUT2D eigenvalue weighted by Gasteiger charge is -1.95. The van der Waals surface area contributed by atoms with E-state index in [1.54, 1.807) is 6.54 Å². The first-order valence-corrected chi connectivity index (χ1v) is 2.86. The Morgan fingerprint density at radius 2 is 2.38 bits per heavy atom. The first-order chi connectivity index (χ1) is 3.77. The van der Waals surface area contributed by atoms with Crippen LogP contribution in [0.1, 0.15) is 26.7 Å². The maximum absolute atomic E-state index is 10.2. The largest absolute Gasteiger partial charge is 0.352 e. The third kappa shape index (κ3) is 5.47. The summed E-state index contributed by atoms with van der Waals surface area (Å²) in [7, 11) is 0. The number of carbonyl (C=O) groups is 1. The molecular weight excluding hydrogens is 102 g/mol. The van der Waals surface area contributed by atoms with Gasteiger partial charge in [0.05, 0.1) is 0 Å². The van der Waals surface area contributed by atoms with E-state index < -0.39 is 0 Å². The van der Waals surface area contributed by atoms with Crippen molar-refractivity contribution in [3.05, 3.63) is 6.54 Å². The molecule has 1 amide bonds. The molecule has 0 aromatic carbocycles. The first kappa shape index (κ1) is 7.47. The van der Waals surface area contributed by atoms with Crippen LogP contribution in [0.5, 0.6) is 0 Å². The molecule has 0 rings (SSSR count). The Morgan fingerprint density at radius 1 is 1.75 bits per heavy atom. The van der Waals surface area contributed by atoms with Gasteiger partial charge in [0.2, 0.25) is 5.91 Å². The second-order valence-electron chi connectivity index (χ2n) is 1.69. The summed E-state index contributed by atoms with van der Waals surface area (Å²) in [6.07, 6.45) is 2.04. The zero-order valence-corrected chi connectivity index (χ0v) is 5.40. The second kappa shape index (κ2) is 4.62. The molecule has 0 aromatic heterocycles. The smallest absolute Gasteiger partial charge is 0.217 e. The average molecular weight is 114 g/mol. The molecule has 2 heteroatoms. The van der Waals surface area contributed by atoms with Gasteiger partial charge in [-0.15, -0.1) is 0 Å². The van der Waals surface area contributed by atoms with Crippen molar-refractivity contribution in [3.8, 4) is 0 Å². The van der Waals surface area contributed by atoms with E-state index in [2.05, 4.69) is 12.2 Å². The van der Waals surface area contributed by atoms with Crippen LogP contribution in [0.4, 0.5) is 0 Å². The van der Waals surface area contributed by atoms with E-state index in [9.17, 15) is 4.79 Å². The highest BCUT2D eigenvalue weighted by Crippen LogP contribution is 1.86. The zero-order chi connectivity index (χ0) is 6.41. The van der Waals surface area contributed by atoms with Crippen molar-refractivity contribution in [3.63, 3.8) is 0 Å². The van der Waals surface area contributed by atoms with Gasteiger partial charge < -0.3 is 5.32 Å². The molecule has 0 aromatic rings. The van der Waals surface area contributed by atoms with Crippen LogP contribution in [0.15, 0.2) is 0 Å². The summed E-state index contributed by atoms with van der Waals surface area (Å²) < 4.78 is 0.